The Morgan fingerprint density at radius 2 is 1.67 bits per heavy atom. The summed E-state index contributed by atoms with van der Waals surface area (Å²) in [4.78, 5) is 30.9. The Morgan fingerprint density at radius 1 is 1.04 bits per heavy atom. The van der Waals surface area contributed by atoms with E-state index in [1.54, 1.807) is 12.1 Å². The molecule has 2 aromatic heterocycles. The fraction of sp³-hybridized carbons (Fsp3) is 0.743. The average Bonchev–Trinajstić information content (AvgIpc) is 3.60. The predicted molar refractivity (Wildman–Crippen MR) is 191 cm³/mol. The van der Waals surface area contributed by atoms with Crippen LogP contribution < -0.4 is 5.32 Å². The van der Waals surface area contributed by atoms with E-state index >= 15 is 0 Å². The molecule has 0 radical (unpaired) electrons. The SMILES string of the molecule is CCCCC(=O)Nc1ncnn2c([C@]3(C#N)O[C@@H]4CO[Si](C(C)C)(C(C)C)O[Si](C(C)C)(C(C)C)O[C@H]4[C@H]3OC(=O)C(CC)CC)ccc12. The number of carbonyl (C=O) groups is 2. The molecular weight excluding hydrogens is 659 g/mol. The van der Waals surface area contributed by atoms with Crippen LogP contribution >= 0.6 is 0 Å². The van der Waals surface area contributed by atoms with Gasteiger partial charge in [0, 0.05) is 6.42 Å². The molecule has 1 amide bonds. The molecule has 272 valence electrons. The smallest absolute Gasteiger partial charge is 0.335 e. The standard InChI is InChI=1S/C35H57N5O7Si2/c1-12-15-16-30(41)39-33-27-17-18-29(40(27)38-21-37-33)35(20-36)32(44-34(42)26(13-2)14-3)31-28(45-35)19-43-48(22(4)5,23(6)7)47-49(46-31,24(8)9)25(10)11/h17-18,21-26,28,31-32H,12-16,19H2,1-11H3,(H,37,38,39,41)/t28-,31-,32-,35+/m1/s1. The topological polar surface area (TPSA) is 146 Å². The zero-order valence-corrected chi connectivity index (χ0v) is 33.2. The van der Waals surface area contributed by atoms with Crippen molar-refractivity contribution in [3.8, 4) is 6.07 Å². The Kier molecular flexibility index (Phi) is 12.5. The molecule has 2 aromatic rings. The van der Waals surface area contributed by atoms with Crippen LogP contribution in [0, 0.1) is 17.2 Å². The lowest BCUT2D eigenvalue weighted by atomic mass is 9.92. The first-order valence-corrected chi connectivity index (χ1v) is 22.1. The number of aromatic nitrogens is 3. The van der Waals surface area contributed by atoms with Crippen LogP contribution in [0.4, 0.5) is 5.82 Å². The summed E-state index contributed by atoms with van der Waals surface area (Å²) in [6.07, 6.45) is 1.70. The minimum atomic E-state index is -3.18. The van der Waals surface area contributed by atoms with Crippen LogP contribution in [0.2, 0.25) is 22.2 Å². The maximum atomic E-state index is 13.8. The third kappa shape index (κ3) is 7.12. The molecule has 0 saturated carbocycles. The molecule has 4 heterocycles. The van der Waals surface area contributed by atoms with Crippen molar-refractivity contribution in [2.24, 2.45) is 5.92 Å². The van der Waals surface area contributed by atoms with E-state index in [1.807, 2.05) is 20.8 Å². The number of unbranched alkanes of at least 4 members (excludes halogenated alkanes) is 1. The Morgan fingerprint density at radius 3 is 2.22 bits per heavy atom. The molecule has 4 atom stereocenters. The molecule has 4 rings (SSSR count). The molecule has 0 aliphatic carbocycles. The van der Waals surface area contributed by atoms with Gasteiger partial charge < -0.3 is 27.8 Å². The van der Waals surface area contributed by atoms with Crippen molar-refractivity contribution >= 4 is 40.3 Å². The first-order valence-electron chi connectivity index (χ1n) is 18.1. The first kappa shape index (κ1) is 39.1. The fourth-order valence-electron chi connectivity index (χ4n) is 7.39. The van der Waals surface area contributed by atoms with Crippen molar-refractivity contribution in [1.82, 2.24) is 14.6 Å². The lowest BCUT2D eigenvalue weighted by Gasteiger charge is -2.51. The molecule has 12 nitrogen and oxygen atoms in total. The molecule has 49 heavy (non-hydrogen) atoms. The first-order chi connectivity index (χ1) is 23.2. The van der Waals surface area contributed by atoms with Crippen LogP contribution in [-0.2, 0) is 37.6 Å². The van der Waals surface area contributed by atoms with Gasteiger partial charge in [-0.3, -0.25) is 9.59 Å². The monoisotopic (exact) mass is 715 g/mol. The van der Waals surface area contributed by atoms with E-state index in [0.717, 1.165) is 12.8 Å². The van der Waals surface area contributed by atoms with Gasteiger partial charge in [0.05, 0.1) is 18.2 Å². The summed E-state index contributed by atoms with van der Waals surface area (Å²) in [6, 6.07) is 5.89. The van der Waals surface area contributed by atoms with Gasteiger partial charge >= 0.3 is 23.1 Å². The van der Waals surface area contributed by atoms with Crippen molar-refractivity contribution in [2.45, 2.75) is 154 Å². The van der Waals surface area contributed by atoms with Gasteiger partial charge in [0.2, 0.25) is 11.5 Å². The van der Waals surface area contributed by atoms with Gasteiger partial charge in [-0.1, -0.05) is 82.6 Å². The molecule has 1 N–H and O–H groups in total. The van der Waals surface area contributed by atoms with Gasteiger partial charge in [0.15, 0.2) is 11.9 Å². The lowest BCUT2D eigenvalue weighted by Crippen LogP contribution is -2.66. The van der Waals surface area contributed by atoms with E-state index in [2.05, 4.69) is 76.9 Å². The zero-order chi connectivity index (χ0) is 36.3. The Bertz CT molecular complexity index is 1490. The van der Waals surface area contributed by atoms with Gasteiger partial charge in [0.1, 0.15) is 30.1 Å². The van der Waals surface area contributed by atoms with Crippen LogP contribution in [-0.4, -0.2) is 68.5 Å². The van der Waals surface area contributed by atoms with Crippen molar-refractivity contribution in [3.05, 3.63) is 24.2 Å². The summed E-state index contributed by atoms with van der Waals surface area (Å²) in [5, 5.41) is 18.6. The minimum absolute atomic E-state index is 0.00689. The van der Waals surface area contributed by atoms with E-state index in [0.29, 0.717) is 36.3 Å². The molecule has 2 saturated heterocycles. The van der Waals surface area contributed by atoms with Gasteiger partial charge in [-0.15, -0.1) is 0 Å². The van der Waals surface area contributed by atoms with Crippen molar-refractivity contribution in [2.75, 3.05) is 11.9 Å². The number of carbonyl (C=O) groups excluding carboxylic acids is 2. The van der Waals surface area contributed by atoms with E-state index in [4.69, 9.17) is 22.4 Å². The zero-order valence-electron chi connectivity index (χ0n) is 31.2. The molecule has 2 aliphatic heterocycles. The lowest BCUT2D eigenvalue weighted by molar-refractivity contribution is -0.165. The molecular formula is C35H57N5O7Si2. The highest BCUT2D eigenvalue weighted by Crippen LogP contribution is 2.51. The van der Waals surface area contributed by atoms with E-state index in [-0.39, 0.29) is 40.6 Å². The van der Waals surface area contributed by atoms with Crippen LogP contribution in [0.15, 0.2) is 18.5 Å². The summed E-state index contributed by atoms with van der Waals surface area (Å²) in [7, 11) is -6.10. The third-order valence-electron chi connectivity index (χ3n) is 10.3. The molecule has 0 bridgehead atoms. The highest BCUT2D eigenvalue weighted by Gasteiger charge is 2.67. The Hall–Kier alpha value is -2.68. The van der Waals surface area contributed by atoms with Crippen LogP contribution in [0.5, 0.6) is 0 Å². The number of esters is 1. The maximum absolute atomic E-state index is 13.8. The van der Waals surface area contributed by atoms with Crippen molar-refractivity contribution < 1.29 is 32.0 Å². The number of fused-ring (bicyclic) bond motifs is 2. The second-order valence-electron chi connectivity index (χ2n) is 14.7. The molecule has 0 aromatic carbocycles. The maximum Gasteiger partial charge on any atom is 0.335 e. The number of nitriles is 1. The number of nitrogens with zero attached hydrogens (tertiary/aromatic N) is 4. The van der Waals surface area contributed by atoms with Gasteiger partial charge in [0.25, 0.3) is 0 Å². The summed E-state index contributed by atoms with van der Waals surface area (Å²) < 4.78 is 36.5. The number of hydrogen-bond donors (Lipinski definition) is 1. The molecule has 2 aliphatic rings. The Labute approximate surface area is 294 Å². The summed E-state index contributed by atoms with van der Waals surface area (Å²) in [6.45, 7) is 23.1. The quantitative estimate of drug-likeness (QED) is 0.166. The van der Waals surface area contributed by atoms with Gasteiger partial charge in [-0.05, 0) is 53.6 Å². The fourth-order valence-corrected chi connectivity index (χ4v) is 18.6. The molecule has 0 spiro atoms. The predicted octanol–water partition coefficient (Wildman–Crippen LogP) is 7.28. The summed E-state index contributed by atoms with van der Waals surface area (Å²) in [5.41, 5.74) is -0.773. The second-order valence-corrected chi connectivity index (χ2v) is 23.6. The normalized spacial score (nSPS) is 25.1. The van der Waals surface area contributed by atoms with Crippen molar-refractivity contribution in [3.63, 3.8) is 0 Å². The second kappa shape index (κ2) is 15.7. The van der Waals surface area contributed by atoms with E-state index in [1.165, 1.54) is 10.8 Å². The largest absolute Gasteiger partial charge is 0.455 e. The van der Waals surface area contributed by atoms with E-state index < -0.39 is 47.0 Å². The molecule has 0 unspecified atom stereocenters. The summed E-state index contributed by atoms with van der Waals surface area (Å²) in [5.74, 6) is -0.633. The number of nitrogens with one attached hydrogen (secondary N) is 1. The highest BCUT2D eigenvalue weighted by atomic mass is 28.5. The van der Waals surface area contributed by atoms with Gasteiger partial charge in [-0.2, -0.15) is 10.4 Å². The van der Waals surface area contributed by atoms with Crippen molar-refractivity contribution in [1.29, 1.82) is 5.26 Å². The molecule has 2 fully saturated rings. The average molecular weight is 716 g/mol. The van der Waals surface area contributed by atoms with Crippen LogP contribution in [0.25, 0.3) is 5.52 Å². The Balaban J connectivity index is 1.93. The molecule has 14 heteroatoms. The van der Waals surface area contributed by atoms with Crippen LogP contribution in [0.1, 0.15) is 114 Å². The number of rotatable bonds is 13. The highest BCUT2D eigenvalue weighted by molar-refractivity contribution is 6.84. The van der Waals surface area contributed by atoms with E-state index in [9.17, 15) is 14.9 Å². The number of amides is 1. The van der Waals surface area contributed by atoms with Crippen LogP contribution in [0.3, 0.4) is 0 Å². The number of ether oxygens (including phenoxy) is 2. The number of anilines is 1. The summed E-state index contributed by atoms with van der Waals surface area (Å²) >= 11 is 0. The van der Waals surface area contributed by atoms with Gasteiger partial charge in [-0.25, -0.2) is 9.50 Å². The number of hydrogen-bond acceptors (Lipinski definition) is 10. The third-order valence-corrected chi connectivity index (χ3v) is 20.6. The minimum Gasteiger partial charge on any atom is -0.455 e.